The van der Waals surface area contributed by atoms with Gasteiger partial charge in [-0.3, -0.25) is 0 Å². The molecule has 4 nitrogen and oxygen atoms in total. The van der Waals surface area contributed by atoms with Crippen LogP contribution in [0.4, 0.5) is 0 Å². The fourth-order valence-corrected chi connectivity index (χ4v) is 2.09. The van der Waals surface area contributed by atoms with Crippen molar-refractivity contribution in [2.24, 2.45) is 0 Å². The molecule has 5 heteroatoms. The van der Waals surface area contributed by atoms with E-state index in [1.165, 1.54) is 5.56 Å². The van der Waals surface area contributed by atoms with E-state index in [4.69, 9.17) is 21.7 Å². The minimum Gasteiger partial charge on any atom is -0.486 e. The number of nitrogens with one attached hydrogen (secondary N) is 1. The molecule has 0 bridgehead atoms. The van der Waals surface area contributed by atoms with Crippen LogP contribution in [0, 0.1) is 0 Å². The van der Waals surface area contributed by atoms with Crippen LogP contribution in [0.15, 0.2) is 18.2 Å². The van der Waals surface area contributed by atoms with Crippen LogP contribution < -0.4 is 14.8 Å². The lowest BCUT2D eigenvalue weighted by Crippen LogP contribution is -2.37. The number of hydrogen-bond acceptors (Lipinski definition) is 3. The van der Waals surface area contributed by atoms with Gasteiger partial charge in [0.05, 0.1) is 0 Å². The Hall–Kier alpha value is -1.49. The summed E-state index contributed by atoms with van der Waals surface area (Å²) in [5.41, 5.74) is 1.17. The number of fused-ring (bicyclic) bond motifs is 1. The van der Waals surface area contributed by atoms with Gasteiger partial charge in [-0.15, -0.1) is 0 Å². The smallest absolute Gasteiger partial charge is 0.168 e. The van der Waals surface area contributed by atoms with Crippen molar-refractivity contribution in [3.63, 3.8) is 0 Å². The molecule has 0 fully saturated rings. The fraction of sp³-hybridized carbons (Fsp3) is 0.462. The van der Waals surface area contributed by atoms with E-state index in [1.54, 1.807) is 0 Å². The summed E-state index contributed by atoms with van der Waals surface area (Å²) >= 11 is 5.25. The Morgan fingerprint density at radius 1 is 1.33 bits per heavy atom. The Bertz CT molecular complexity index is 437. The second kappa shape index (κ2) is 5.91. The third kappa shape index (κ3) is 2.85. The zero-order valence-electron chi connectivity index (χ0n) is 10.7. The molecule has 98 valence electrons. The summed E-state index contributed by atoms with van der Waals surface area (Å²) in [6, 6.07) is 6.03. The van der Waals surface area contributed by atoms with Gasteiger partial charge < -0.3 is 19.7 Å². The molecule has 1 aliphatic heterocycles. The number of rotatable bonds is 3. The minimum absolute atomic E-state index is 0.614. The maximum Gasteiger partial charge on any atom is 0.168 e. The molecule has 0 saturated carbocycles. The molecule has 0 amide bonds. The molecule has 0 unspecified atom stereocenters. The third-order valence-corrected chi connectivity index (χ3v) is 3.33. The molecular formula is C13H18N2O2S. The van der Waals surface area contributed by atoms with Crippen molar-refractivity contribution in [1.82, 2.24) is 10.2 Å². The number of ether oxygens (including phenoxy) is 2. The van der Waals surface area contributed by atoms with Gasteiger partial charge in [0.2, 0.25) is 0 Å². The molecular weight excluding hydrogens is 248 g/mol. The van der Waals surface area contributed by atoms with Crippen LogP contribution in [0.1, 0.15) is 12.5 Å². The quantitative estimate of drug-likeness (QED) is 0.844. The number of hydrogen-bond donors (Lipinski definition) is 1. The van der Waals surface area contributed by atoms with Crippen LogP contribution in [-0.4, -0.2) is 36.8 Å². The molecule has 0 radical (unpaired) electrons. The van der Waals surface area contributed by atoms with Crippen molar-refractivity contribution in [3.8, 4) is 11.5 Å². The van der Waals surface area contributed by atoms with E-state index in [2.05, 4.69) is 23.2 Å². The van der Waals surface area contributed by atoms with Gasteiger partial charge in [0.25, 0.3) is 0 Å². The van der Waals surface area contributed by atoms with Crippen LogP contribution >= 0.6 is 12.2 Å². The van der Waals surface area contributed by atoms with Gasteiger partial charge in [0.15, 0.2) is 16.6 Å². The van der Waals surface area contributed by atoms with Gasteiger partial charge in [-0.1, -0.05) is 6.07 Å². The van der Waals surface area contributed by atoms with Crippen LogP contribution in [-0.2, 0) is 6.54 Å². The average Bonchev–Trinajstić information content (AvgIpc) is 2.43. The molecule has 0 aliphatic carbocycles. The highest BCUT2D eigenvalue weighted by Gasteiger charge is 2.13. The van der Waals surface area contributed by atoms with Crippen molar-refractivity contribution < 1.29 is 9.47 Å². The Morgan fingerprint density at radius 2 is 2.06 bits per heavy atom. The standard InChI is InChI=1S/C13H18N2O2S/c1-3-15(13(18)14-2)9-10-4-5-11-12(8-10)17-7-6-16-11/h4-5,8H,3,6-7,9H2,1-2H3,(H,14,18). The largest absolute Gasteiger partial charge is 0.486 e. The summed E-state index contributed by atoms with van der Waals surface area (Å²) in [7, 11) is 1.84. The van der Waals surface area contributed by atoms with Crippen LogP contribution in [0.2, 0.25) is 0 Å². The van der Waals surface area contributed by atoms with Crippen molar-refractivity contribution in [3.05, 3.63) is 23.8 Å². The second-order valence-corrected chi connectivity index (χ2v) is 4.43. The summed E-state index contributed by atoms with van der Waals surface area (Å²) in [5, 5.41) is 3.76. The van der Waals surface area contributed by atoms with Crippen LogP contribution in [0.25, 0.3) is 0 Å². The van der Waals surface area contributed by atoms with Crippen molar-refractivity contribution in [1.29, 1.82) is 0 Å². The minimum atomic E-state index is 0.614. The van der Waals surface area contributed by atoms with Crippen molar-refractivity contribution in [2.45, 2.75) is 13.5 Å². The Morgan fingerprint density at radius 3 is 2.72 bits per heavy atom. The lowest BCUT2D eigenvalue weighted by molar-refractivity contribution is 0.171. The van der Waals surface area contributed by atoms with Gasteiger partial charge in [-0.25, -0.2) is 0 Å². The maximum atomic E-state index is 5.57. The van der Waals surface area contributed by atoms with E-state index in [1.807, 2.05) is 19.2 Å². The first kappa shape index (κ1) is 13.0. The van der Waals surface area contributed by atoms with Gasteiger partial charge in [-0.05, 0) is 36.8 Å². The summed E-state index contributed by atoms with van der Waals surface area (Å²) < 4.78 is 11.1. The molecule has 0 spiro atoms. The SMILES string of the molecule is CCN(Cc1ccc2c(c1)OCCO2)C(=S)NC. The Balaban J connectivity index is 2.11. The van der Waals surface area contributed by atoms with E-state index in [0.29, 0.717) is 13.2 Å². The molecule has 1 heterocycles. The summed E-state index contributed by atoms with van der Waals surface area (Å²) in [6.07, 6.45) is 0. The molecule has 1 N–H and O–H groups in total. The van der Waals surface area contributed by atoms with Gasteiger partial charge in [0, 0.05) is 20.1 Å². The first-order valence-corrected chi connectivity index (χ1v) is 6.50. The highest BCUT2D eigenvalue weighted by Crippen LogP contribution is 2.31. The van der Waals surface area contributed by atoms with Crippen LogP contribution in [0.3, 0.4) is 0 Å². The number of nitrogens with zero attached hydrogens (tertiary/aromatic N) is 1. The highest BCUT2D eigenvalue weighted by atomic mass is 32.1. The normalized spacial score (nSPS) is 13.0. The third-order valence-electron chi connectivity index (χ3n) is 2.86. The maximum absolute atomic E-state index is 5.57. The van der Waals surface area contributed by atoms with Crippen LogP contribution in [0.5, 0.6) is 11.5 Å². The molecule has 2 rings (SSSR count). The number of benzene rings is 1. The zero-order valence-corrected chi connectivity index (χ0v) is 11.5. The number of thiocarbonyl (C=S) groups is 1. The van der Waals surface area contributed by atoms with E-state index in [-0.39, 0.29) is 0 Å². The molecule has 0 aromatic heterocycles. The summed E-state index contributed by atoms with van der Waals surface area (Å²) in [5.74, 6) is 1.65. The fourth-order valence-electron chi connectivity index (χ4n) is 1.89. The predicted molar refractivity (Wildman–Crippen MR) is 75.2 cm³/mol. The molecule has 18 heavy (non-hydrogen) atoms. The lowest BCUT2D eigenvalue weighted by Gasteiger charge is -2.24. The second-order valence-electron chi connectivity index (χ2n) is 4.05. The highest BCUT2D eigenvalue weighted by molar-refractivity contribution is 7.80. The van der Waals surface area contributed by atoms with E-state index in [9.17, 15) is 0 Å². The molecule has 1 aromatic rings. The molecule has 0 saturated heterocycles. The van der Waals surface area contributed by atoms with E-state index < -0.39 is 0 Å². The Labute approximate surface area is 113 Å². The van der Waals surface area contributed by atoms with Gasteiger partial charge in [-0.2, -0.15) is 0 Å². The van der Waals surface area contributed by atoms with Crippen molar-refractivity contribution >= 4 is 17.3 Å². The van der Waals surface area contributed by atoms with Crippen molar-refractivity contribution in [2.75, 3.05) is 26.8 Å². The van der Waals surface area contributed by atoms with Gasteiger partial charge in [0.1, 0.15) is 13.2 Å². The van der Waals surface area contributed by atoms with Gasteiger partial charge >= 0.3 is 0 Å². The van der Waals surface area contributed by atoms with E-state index in [0.717, 1.165) is 29.7 Å². The average molecular weight is 266 g/mol. The predicted octanol–water partition coefficient (Wildman–Crippen LogP) is 1.78. The Kier molecular flexibility index (Phi) is 4.25. The van der Waals surface area contributed by atoms with E-state index >= 15 is 0 Å². The zero-order chi connectivity index (χ0) is 13.0. The summed E-state index contributed by atoms with van der Waals surface area (Å²) in [4.78, 5) is 2.10. The summed E-state index contributed by atoms with van der Waals surface area (Å²) in [6.45, 7) is 4.96. The monoisotopic (exact) mass is 266 g/mol. The molecule has 1 aromatic carbocycles. The molecule has 0 atom stereocenters. The molecule has 1 aliphatic rings. The topological polar surface area (TPSA) is 33.7 Å². The first-order valence-electron chi connectivity index (χ1n) is 6.09. The lowest BCUT2D eigenvalue weighted by atomic mass is 10.2. The first-order chi connectivity index (χ1) is 8.74.